The van der Waals surface area contributed by atoms with Crippen LogP contribution in [0.5, 0.6) is 11.5 Å². The minimum Gasteiger partial charge on any atom is -0.497 e. The Kier molecular flexibility index (Phi) is 5.22. The van der Waals surface area contributed by atoms with Crippen molar-refractivity contribution in [3.63, 3.8) is 0 Å². The monoisotopic (exact) mass is 381 g/mol. The summed E-state index contributed by atoms with van der Waals surface area (Å²) in [7, 11) is -0.851. The summed E-state index contributed by atoms with van der Waals surface area (Å²) in [6, 6.07) is 11.7. The van der Waals surface area contributed by atoms with Gasteiger partial charge in [0.25, 0.3) is 0 Å². The lowest BCUT2D eigenvalue weighted by molar-refractivity contribution is 0.391. The normalized spacial score (nSPS) is 15.6. The van der Waals surface area contributed by atoms with Crippen LogP contribution in [-0.2, 0) is 10.0 Å². The van der Waals surface area contributed by atoms with Crippen LogP contribution in [0.15, 0.2) is 47.4 Å². The molecule has 1 aliphatic rings. The van der Waals surface area contributed by atoms with E-state index in [1.807, 2.05) is 12.1 Å². The van der Waals surface area contributed by atoms with Crippen molar-refractivity contribution in [1.82, 2.24) is 4.72 Å². The fourth-order valence-corrected chi connectivity index (χ4v) is 4.36. The Bertz CT molecular complexity index is 848. The summed E-state index contributed by atoms with van der Waals surface area (Å²) < 4.78 is 39.2. The van der Waals surface area contributed by atoms with Crippen LogP contribution in [0.3, 0.4) is 0 Å². The van der Waals surface area contributed by atoms with Gasteiger partial charge in [-0.25, -0.2) is 13.1 Å². The van der Waals surface area contributed by atoms with Gasteiger partial charge in [-0.15, -0.1) is 0 Å². The van der Waals surface area contributed by atoms with E-state index in [1.165, 1.54) is 20.3 Å². The van der Waals surface area contributed by atoms with Crippen molar-refractivity contribution in [1.29, 1.82) is 0 Å². The quantitative estimate of drug-likeness (QED) is 0.792. The summed E-state index contributed by atoms with van der Waals surface area (Å²) in [5.74, 6) is 1.02. The van der Waals surface area contributed by atoms with Gasteiger partial charge >= 0.3 is 0 Å². The van der Waals surface area contributed by atoms with Crippen molar-refractivity contribution in [3.05, 3.63) is 53.1 Å². The maximum atomic E-state index is 13.0. The molecule has 0 saturated heterocycles. The smallest absolute Gasteiger partial charge is 0.244 e. The first kappa shape index (κ1) is 18.0. The van der Waals surface area contributed by atoms with Crippen LogP contribution >= 0.6 is 11.6 Å². The maximum absolute atomic E-state index is 13.0. The summed E-state index contributed by atoms with van der Waals surface area (Å²) in [6.07, 6.45) is 1.98. The molecule has 1 N–H and O–H groups in total. The van der Waals surface area contributed by atoms with Crippen molar-refractivity contribution in [2.45, 2.75) is 23.8 Å². The third kappa shape index (κ3) is 4.08. The molecule has 0 aliphatic heterocycles. The zero-order chi connectivity index (χ0) is 18.0. The molecule has 0 aromatic heterocycles. The third-order valence-electron chi connectivity index (χ3n) is 4.26. The summed E-state index contributed by atoms with van der Waals surface area (Å²) >= 11 is 5.94. The molecule has 25 heavy (non-hydrogen) atoms. The average Bonchev–Trinajstić information content (AvgIpc) is 3.45. The second-order valence-corrected chi connectivity index (χ2v) is 8.12. The van der Waals surface area contributed by atoms with Gasteiger partial charge in [-0.1, -0.05) is 23.7 Å². The van der Waals surface area contributed by atoms with Gasteiger partial charge < -0.3 is 9.47 Å². The van der Waals surface area contributed by atoms with Crippen LogP contribution in [0.1, 0.15) is 24.4 Å². The molecule has 0 bridgehead atoms. The SMILES string of the molecule is COc1ccc(OC)c(S(=O)(=O)N[C@@H](c2ccc(Cl)cc2)C2CC2)c1. The first-order valence-electron chi connectivity index (χ1n) is 7.94. The van der Waals surface area contributed by atoms with E-state index in [0.717, 1.165) is 18.4 Å². The Morgan fingerprint density at radius 3 is 2.32 bits per heavy atom. The molecule has 1 saturated carbocycles. The van der Waals surface area contributed by atoms with Gasteiger partial charge in [-0.2, -0.15) is 0 Å². The summed E-state index contributed by atoms with van der Waals surface area (Å²) in [6.45, 7) is 0. The second kappa shape index (κ2) is 7.23. The zero-order valence-corrected chi connectivity index (χ0v) is 15.6. The molecule has 7 heteroatoms. The molecule has 1 fully saturated rings. The van der Waals surface area contributed by atoms with Crippen LogP contribution in [0, 0.1) is 5.92 Å². The molecule has 2 aromatic rings. The maximum Gasteiger partial charge on any atom is 0.244 e. The van der Waals surface area contributed by atoms with E-state index in [1.54, 1.807) is 24.3 Å². The molecule has 1 aliphatic carbocycles. The fourth-order valence-electron chi connectivity index (χ4n) is 2.76. The van der Waals surface area contributed by atoms with Gasteiger partial charge in [-0.05, 0) is 48.6 Å². The fraction of sp³-hybridized carbons (Fsp3) is 0.333. The van der Waals surface area contributed by atoms with Crippen LogP contribution in [0.2, 0.25) is 5.02 Å². The molecule has 0 heterocycles. The predicted molar refractivity (Wildman–Crippen MR) is 96.8 cm³/mol. The number of nitrogens with one attached hydrogen (secondary N) is 1. The number of sulfonamides is 1. The lowest BCUT2D eigenvalue weighted by atomic mass is 10.0. The molecule has 0 amide bonds. The van der Waals surface area contributed by atoms with Crippen molar-refractivity contribution in [2.24, 2.45) is 5.92 Å². The van der Waals surface area contributed by atoms with Gasteiger partial charge in [0, 0.05) is 17.1 Å². The number of hydrogen-bond acceptors (Lipinski definition) is 4. The molecule has 5 nitrogen and oxygen atoms in total. The molecule has 1 atom stereocenters. The van der Waals surface area contributed by atoms with Crippen molar-refractivity contribution >= 4 is 21.6 Å². The third-order valence-corrected chi connectivity index (χ3v) is 5.98. The molecule has 3 rings (SSSR count). The summed E-state index contributed by atoms with van der Waals surface area (Å²) in [5, 5.41) is 0.621. The van der Waals surface area contributed by atoms with Gasteiger partial charge in [0.2, 0.25) is 10.0 Å². The molecule has 2 aromatic carbocycles. The van der Waals surface area contributed by atoms with Crippen molar-refractivity contribution in [3.8, 4) is 11.5 Å². The van der Waals surface area contributed by atoms with E-state index in [9.17, 15) is 8.42 Å². The van der Waals surface area contributed by atoms with Crippen LogP contribution in [0.4, 0.5) is 0 Å². The number of methoxy groups -OCH3 is 2. The number of benzene rings is 2. The standard InChI is InChI=1S/C18H20ClNO4S/c1-23-15-9-10-16(24-2)17(11-15)25(21,22)20-18(12-3-4-12)13-5-7-14(19)8-6-13/h5-12,18,20H,3-4H2,1-2H3/t18-/m1/s1. The summed E-state index contributed by atoms with van der Waals surface area (Å²) in [5.41, 5.74) is 0.900. The Morgan fingerprint density at radius 2 is 1.76 bits per heavy atom. The Balaban J connectivity index is 1.95. The molecule has 0 radical (unpaired) electrons. The molecule has 0 spiro atoms. The molecular formula is C18H20ClNO4S. The molecule has 134 valence electrons. The second-order valence-electron chi connectivity index (χ2n) is 6.00. The zero-order valence-electron chi connectivity index (χ0n) is 14.0. The van der Waals surface area contributed by atoms with Gasteiger partial charge in [-0.3, -0.25) is 0 Å². The minimum absolute atomic E-state index is 0.0639. The molecule has 0 unspecified atom stereocenters. The van der Waals surface area contributed by atoms with Crippen LogP contribution < -0.4 is 14.2 Å². The number of rotatable bonds is 7. The van der Waals surface area contributed by atoms with E-state index in [4.69, 9.17) is 21.1 Å². The largest absolute Gasteiger partial charge is 0.497 e. The van der Waals surface area contributed by atoms with Crippen molar-refractivity contribution < 1.29 is 17.9 Å². The van der Waals surface area contributed by atoms with Gasteiger partial charge in [0.15, 0.2) is 0 Å². The highest BCUT2D eigenvalue weighted by atomic mass is 35.5. The molecular weight excluding hydrogens is 362 g/mol. The van der Waals surface area contributed by atoms with E-state index in [-0.39, 0.29) is 22.6 Å². The number of ether oxygens (including phenoxy) is 2. The Morgan fingerprint density at radius 1 is 1.08 bits per heavy atom. The first-order chi connectivity index (χ1) is 11.9. The van der Waals surface area contributed by atoms with E-state index in [0.29, 0.717) is 10.8 Å². The Hall–Kier alpha value is -1.76. The van der Waals surface area contributed by atoms with E-state index in [2.05, 4.69) is 4.72 Å². The minimum atomic E-state index is -3.79. The topological polar surface area (TPSA) is 64.6 Å². The number of halogens is 1. The highest BCUT2D eigenvalue weighted by molar-refractivity contribution is 7.89. The predicted octanol–water partition coefficient (Wildman–Crippen LogP) is 3.79. The highest BCUT2D eigenvalue weighted by Crippen LogP contribution is 2.42. The lowest BCUT2D eigenvalue weighted by Gasteiger charge is -2.20. The first-order valence-corrected chi connectivity index (χ1v) is 9.80. The highest BCUT2D eigenvalue weighted by Gasteiger charge is 2.36. The van der Waals surface area contributed by atoms with E-state index >= 15 is 0 Å². The van der Waals surface area contributed by atoms with Crippen molar-refractivity contribution in [2.75, 3.05) is 14.2 Å². The van der Waals surface area contributed by atoms with Crippen LogP contribution in [0.25, 0.3) is 0 Å². The summed E-state index contributed by atoms with van der Waals surface area (Å²) in [4.78, 5) is 0.0639. The average molecular weight is 382 g/mol. The Labute approximate surface area is 153 Å². The van der Waals surface area contributed by atoms with E-state index < -0.39 is 10.0 Å². The van der Waals surface area contributed by atoms with Gasteiger partial charge in [0.05, 0.1) is 14.2 Å². The lowest BCUT2D eigenvalue weighted by Crippen LogP contribution is -2.30. The van der Waals surface area contributed by atoms with Gasteiger partial charge in [0.1, 0.15) is 16.4 Å². The van der Waals surface area contributed by atoms with Crippen LogP contribution in [-0.4, -0.2) is 22.6 Å². The number of hydrogen-bond donors (Lipinski definition) is 1.